The molecule has 0 saturated carbocycles. The summed E-state index contributed by atoms with van der Waals surface area (Å²) in [5.74, 6) is 0.993. The predicted octanol–water partition coefficient (Wildman–Crippen LogP) is 3.13. The van der Waals surface area contributed by atoms with Crippen molar-refractivity contribution in [1.29, 1.82) is 0 Å². The average molecular weight is 418 g/mol. The third-order valence-corrected chi connectivity index (χ3v) is 3.60. The maximum absolute atomic E-state index is 4.76. The zero-order valence-corrected chi connectivity index (χ0v) is 17.2. The van der Waals surface area contributed by atoms with Crippen molar-refractivity contribution in [1.82, 2.24) is 14.7 Å². The van der Waals surface area contributed by atoms with Crippen LogP contribution in [0.3, 0.4) is 0 Å². The van der Waals surface area contributed by atoms with Crippen molar-refractivity contribution in [3.8, 4) is 0 Å². The molecule has 0 aliphatic carbocycles. The molecule has 0 spiro atoms. The number of nitrogens with zero attached hydrogens (tertiary/aromatic N) is 4. The summed E-state index contributed by atoms with van der Waals surface area (Å²) in [7, 11) is 8.11. The smallest absolute Gasteiger partial charge is 0.195 e. The molecule has 1 rings (SSSR count). The normalized spacial score (nSPS) is 10.1. The van der Waals surface area contributed by atoms with Gasteiger partial charge in [0, 0.05) is 34.7 Å². The standard InChI is InChI=1S/C17H30N4.HI/c1-7-21(8-2)14-16-12-10-9-11-15(16)13-18-17(19(3)4)20(5)6;/h9-12H,7-8,13-14H2,1-6H3;1H. The summed E-state index contributed by atoms with van der Waals surface area (Å²) < 4.78 is 0. The highest BCUT2D eigenvalue weighted by Crippen LogP contribution is 2.13. The van der Waals surface area contributed by atoms with E-state index in [1.807, 2.05) is 38.0 Å². The topological polar surface area (TPSA) is 22.1 Å². The van der Waals surface area contributed by atoms with Crippen LogP contribution in [0.25, 0.3) is 0 Å². The van der Waals surface area contributed by atoms with Gasteiger partial charge in [-0.2, -0.15) is 0 Å². The van der Waals surface area contributed by atoms with Gasteiger partial charge in [-0.25, -0.2) is 4.99 Å². The van der Waals surface area contributed by atoms with Gasteiger partial charge in [-0.1, -0.05) is 38.1 Å². The minimum atomic E-state index is 0. The van der Waals surface area contributed by atoms with Crippen LogP contribution in [0.4, 0.5) is 0 Å². The molecule has 0 heterocycles. The third-order valence-electron chi connectivity index (χ3n) is 3.60. The Kier molecular flexibility index (Phi) is 10.4. The summed E-state index contributed by atoms with van der Waals surface area (Å²) >= 11 is 0. The summed E-state index contributed by atoms with van der Waals surface area (Å²) in [6.07, 6.45) is 0. The van der Waals surface area contributed by atoms with Crippen molar-refractivity contribution < 1.29 is 0 Å². The van der Waals surface area contributed by atoms with E-state index < -0.39 is 0 Å². The highest BCUT2D eigenvalue weighted by atomic mass is 127. The van der Waals surface area contributed by atoms with Gasteiger partial charge in [0.05, 0.1) is 6.54 Å². The Bertz CT molecular complexity index is 444. The van der Waals surface area contributed by atoms with Gasteiger partial charge in [0.25, 0.3) is 0 Å². The van der Waals surface area contributed by atoms with Crippen LogP contribution < -0.4 is 0 Å². The Labute approximate surface area is 153 Å². The van der Waals surface area contributed by atoms with E-state index in [1.165, 1.54) is 11.1 Å². The lowest BCUT2D eigenvalue weighted by atomic mass is 10.1. The second-order valence-corrected chi connectivity index (χ2v) is 5.64. The first-order valence-corrected chi connectivity index (χ1v) is 7.67. The molecule has 0 N–H and O–H groups in total. The Balaban J connectivity index is 0.00000441. The first kappa shape index (κ1) is 21.2. The number of aliphatic imine (C=N–C) groups is 1. The quantitative estimate of drug-likeness (QED) is 0.403. The lowest BCUT2D eigenvalue weighted by Gasteiger charge is -2.23. The van der Waals surface area contributed by atoms with E-state index in [9.17, 15) is 0 Å². The molecule has 0 bridgehead atoms. The Morgan fingerprint density at radius 3 is 1.86 bits per heavy atom. The van der Waals surface area contributed by atoms with Crippen LogP contribution in [-0.2, 0) is 13.1 Å². The van der Waals surface area contributed by atoms with Gasteiger partial charge in [-0.05, 0) is 24.2 Å². The molecule has 0 fully saturated rings. The van der Waals surface area contributed by atoms with Crippen LogP contribution in [0.1, 0.15) is 25.0 Å². The van der Waals surface area contributed by atoms with E-state index in [2.05, 4.69) is 43.0 Å². The first-order valence-electron chi connectivity index (χ1n) is 7.67. The number of halogens is 1. The number of rotatable bonds is 6. The van der Waals surface area contributed by atoms with E-state index in [4.69, 9.17) is 4.99 Å². The lowest BCUT2D eigenvalue weighted by Crippen LogP contribution is -2.35. The van der Waals surface area contributed by atoms with Crippen LogP contribution in [0.5, 0.6) is 0 Å². The molecule has 0 atom stereocenters. The Hall–Kier alpha value is -0.820. The van der Waals surface area contributed by atoms with E-state index in [1.54, 1.807) is 0 Å². The van der Waals surface area contributed by atoms with E-state index in [-0.39, 0.29) is 24.0 Å². The fourth-order valence-corrected chi connectivity index (χ4v) is 2.39. The molecule has 0 amide bonds. The van der Waals surface area contributed by atoms with Crippen LogP contribution in [0, 0.1) is 0 Å². The molecule has 0 radical (unpaired) electrons. The molecule has 22 heavy (non-hydrogen) atoms. The molecule has 126 valence electrons. The molecule has 5 heteroatoms. The average Bonchev–Trinajstić information content (AvgIpc) is 2.45. The third kappa shape index (κ3) is 6.52. The van der Waals surface area contributed by atoms with E-state index in [0.717, 1.165) is 32.1 Å². The van der Waals surface area contributed by atoms with Gasteiger partial charge in [0.15, 0.2) is 5.96 Å². The molecular weight excluding hydrogens is 387 g/mol. The van der Waals surface area contributed by atoms with Crippen LogP contribution in [-0.4, -0.2) is 61.9 Å². The van der Waals surface area contributed by atoms with Gasteiger partial charge in [0.1, 0.15) is 0 Å². The van der Waals surface area contributed by atoms with Crippen molar-refractivity contribution in [2.75, 3.05) is 41.3 Å². The molecule has 1 aromatic rings. The number of hydrogen-bond acceptors (Lipinski definition) is 2. The molecule has 0 aliphatic rings. The molecule has 1 aromatic carbocycles. The maximum Gasteiger partial charge on any atom is 0.195 e. The monoisotopic (exact) mass is 418 g/mol. The second kappa shape index (κ2) is 10.8. The van der Waals surface area contributed by atoms with E-state index >= 15 is 0 Å². The van der Waals surface area contributed by atoms with Crippen LogP contribution >= 0.6 is 24.0 Å². The Morgan fingerprint density at radius 2 is 1.41 bits per heavy atom. The summed E-state index contributed by atoms with van der Waals surface area (Å²) in [6.45, 7) is 8.30. The van der Waals surface area contributed by atoms with Crippen molar-refractivity contribution in [3.63, 3.8) is 0 Å². The molecule has 0 aliphatic heterocycles. The fraction of sp³-hybridized carbons (Fsp3) is 0.588. The van der Waals surface area contributed by atoms with Crippen molar-refractivity contribution in [3.05, 3.63) is 35.4 Å². The zero-order chi connectivity index (χ0) is 15.8. The SMILES string of the molecule is CCN(CC)Cc1ccccc1CN=C(N(C)C)N(C)C.I. The Morgan fingerprint density at radius 1 is 0.909 bits per heavy atom. The summed E-state index contributed by atoms with van der Waals surface area (Å²) in [5, 5.41) is 0. The fourth-order valence-electron chi connectivity index (χ4n) is 2.39. The first-order chi connectivity index (χ1) is 9.99. The number of benzene rings is 1. The van der Waals surface area contributed by atoms with Gasteiger partial charge in [-0.3, -0.25) is 4.90 Å². The molecular formula is C17H31IN4. The summed E-state index contributed by atoms with van der Waals surface area (Å²) in [5.41, 5.74) is 2.69. The number of guanidine groups is 1. The van der Waals surface area contributed by atoms with Gasteiger partial charge in [0.2, 0.25) is 0 Å². The predicted molar refractivity (Wildman–Crippen MR) is 107 cm³/mol. The highest BCUT2D eigenvalue weighted by molar-refractivity contribution is 14.0. The van der Waals surface area contributed by atoms with Crippen molar-refractivity contribution in [2.24, 2.45) is 4.99 Å². The summed E-state index contributed by atoms with van der Waals surface area (Å²) in [6, 6.07) is 8.62. The van der Waals surface area contributed by atoms with E-state index in [0.29, 0.717) is 0 Å². The van der Waals surface area contributed by atoms with Crippen LogP contribution in [0.2, 0.25) is 0 Å². The minimum absolute atomic E-state index is 0. The zero-order valence-electron chi connectivity index (χ0n) is 14.8. The molecule has 4 nitrogen and oxygen atoms in total. The molecule has 0 unspecified atom stereocenters. The molecule has 0 saturated heterocycles. The van der Waals surface area contributed by atoms with Crippen molar-refractivity contribution >= 4 is 29.9 Å². The minimum Gasteiger partial charge on any atom is -0.349 e. The highest BCUT2D eigenvalue weighted by Gasteiger charge is 2.08. The van der Waals surface area contributed by atoms with Gasteiger partial charge >= 0.3 is 0 Å². The van der Waals surface area contributed by atoms with Gasteiger partial charge < -0.3 is 9.80 Å². The summed E-state index contributed by atoms with van der Waals surface area (Å²) in [4.78, 5) is 11.3. The molecule has 0 aromatic heterocycles. The second-order valence-electron chi connectivity index (χ2n) is 5.64. The van der Waals surface area contributed by atoms with Gasteiger partial charge in [-0.15, -0.1) is 24.0 Å². The van der Waals surface area contributed by atoms with Crippen LogP contribution in [0.15, 0.2) is 29.3 Å². The largest absolute Gasteiger partial charge is 0.349 e. The van der Waals surface area contributed by atoms with Crippen molar-refractivity contribution in [2.45, 2.75) is 26.9 Å². The maximum atomic E-state index is 4.76. The lowest BCUT2D eigenvalue weighted by molar-refractivity contribution is 0.295. The number of hydrogen-bond donors (Lipinski definition) is 0.